The van der Waals surface area contributed by atoms with Gasteiger partial charge in [-0.05, 0) is 61.7 Å². The first-order valence-corrected chi connectivity index (χ1v) is 16.1. The number of hydrogen-bond donors (Lipinski definition) is 4. The van der Waals surface area contributed by atoms with Gasteiger partial charge in [-0.2, -0.15) is 0 Å². The summed E-state index contributed by atoms with van der Waals surface area (Å²) in [5.41, 5.74) is 0.622. The molecule has 1 aromatic heterocycles. The molecule has 1 saturated heterocycles. The Bertz CT molecular complexity index is 1770. The average molecular weight is 656 g/mol. The summed E-state index contributed by atoms with van der Waals surface area (Å²) in [5, 5.41) is 11.9. The van der Waals surface area contributed by atoms with Crippen LogP contribution in [-0.2, 0) is 27.5 Å². The number of benzene rings is 3. The number of nitrogens with one attached hydrogen (secondary N) is 4. The maximum absolute atomic E-state index is 15.5. The molecule has 0 unspecified atom stereocenters. The summed E-state index contributed by atoms with van der Waals surface area (Å²) in [6.45, 7) is 2.46. The predicted octanol–water partition coefficient (Wildman–Crippen LogP) is 4.98. The van der Waals surface area contributed by atoms with Gasteiger partial charge < -0.3 is 16.0 Å². The van der Waals surface area contributed by atoms with Gasteiger partial charge in [0.05, 0.1) is 23.0 Å². The van der Waals surface area contributed by atoms with E-state index in [1.54, 1.807) is 18.2 Å². The first-order chi connectivity index (χ1) is 22.0. The van der Waals surface area contributed by atoms with E-state index in [1.165, 1.54) is 42.6 Å². The lowest BCUT2D eigenvalue weighted by Gasteiger charge is -2.41. The quantitative estimate of drug-likeness (QED) is 0.169. The van der Waals surface area contributed by atoms with Crippen LogP contribution >= 0.6 is 0 Å². The lowest BCUT2D eigenvalue weighted by Crippen LogP contribution is -2.66. The maximum atomic E-state index is 15.5. The third-order valence-electron chi connectivity index (χ3n) is 7.85. The number of carbonyl (C=O) groups excluding carboxylic acids is 1. The van der Waals surface area contributed by atoms with Crippen LogP contribution in [0.5, 0.6) is 0 Å². The molecule has 0 spiro atoms. The van der Waals surface area contributed by atoms with Gasteiger partial charge in [-0.1, -0.05) is 30.3 Å². The molecule has 0 aliphatic carbocycles. The average Bonchev–Trinajstić information content (AvgIpc) is 3.01. The summed E-state index contributed by atoms with van der Waals surface area (Å²) in [7, 11) is -3.96. The zero-order valence-electron chi connectivity index (χ0n) is 24.9. The number of carbonyl (C=O) groups is 1. The molecule has 1 fully saturated rings. The summed E-state index contributed by atoms with van der Waals surface area (Å²) in [5.74, 6) is -3.70. The summed E-state index contributed by atoms with van der Waals surface area (Å²) in [6.07, 6.45) is 2.20. The summed E-state index contributed by atoms with van der Waals surface area (Å²) in [6, 6.07) is 14.6. The summed E-state index contributed by atoms with van der Waals surface area (Å²) < 4.78 is 84.8. The molecule has 3 aromatic carbocycles. The molecule has 0 bridgehead atoms. The molecule has 1 amide bonds. The van der Waals surface area contributed by atoms with E-state index in [0.29, 0.717) is 18.2 Å². The number of rotatable bonds is 11. The van der Waals surface area contributed by atoms with Gasteiger partial charge in [-0.25, -0.2) is 26.0 Å². The molecule has 8 nitrogen and oxygen atoms in total. The number of anilines is 2. The fraction of sp³-hybridized carbons (Fsp3) is 0.273. The number of nitrogens with zero attached hydrogens (tertiary/aromatic N) is 1. The Morgan fingerprint density at radius 1 is 0.978 bits per heavy atom. The predicted molar refractivity (Wildman–Crippen MR) is 167 cm³/mol. The molecule has 1 aliphatic heterocycles. The van der Waals surface area contributed by atoms with Gasteiger partial charge in [0, 0.05) is 42.9 Å². The molecule has 4 aromatic rings. The first kappa shape index (κ1) is 33.0. The van der Waals surface area contributed by atoms with Gasteiger partial charge in [0.1, 0.15) is 34.2 Å². The third-order valence-corrected chi connectivity index (χ3v) is 10.2. The van der Waals surface area contributed by atoms with Crippen LogP contribution in [0.25, 0.3) is 0 Å². The minimum Gasteiger partial charge on any atom is -0.372 e. The van der Waals surface area contributed by atoms with Crippen molar-refractivity contribution < 1.29 is 30.8 Å². The SMILES string of the molecule is C[C@H]1CNC[C@](CCc2c(F)cncc2N[C@@H](Cc2ccc(F)cc2)C(=O)Nc2cc(F)cc(F)c2)(S(=O)(=O)c2ccccc2)N1. The highest BCUT2D eigenvalue weighted by atomic mass is 32.2. The van der Waals surface area contributed by atoms with E-state index >= 15 is 4.39 Å². The molecule has 4 N–H and O–H groups in total. The molecule has 5 rings (SSSR count). The van der Waals surface area contributed by atoms with E-state index in [0.717, 1.165) is 18.3 Å². The van der Waals surface area contributed by atoms with E-state index < -0.39 is 49.9 Å². The minimum atomic E-state index is -3.96. The van der Waals surface area contributed by atoms with E-state index in [2.05, 4.69) is 26.3 Å². The van der Waals surface area contributed by atoms with Gasteiger partial charge in [0.25, 0.3) is 0 Å². The number of hydrogen-bond acceptors (Lipinski definition) is 7. The Hall–Kier alpha value is -4.33. The van der Waals surface area contributed by atoms with Crippen molar-refractivity contribution in [2.45, 2.75) is 48.0 Å². The standard InChI is InChI=1S/C33H33F4N5O3S/c1-21-17-39-20-33(42-21,46(44,45)27-5-3-2-4-6-27)12-11-28-29(37)18-38-19-31(28)41-30(13-22-7-9-23(34)10-8-22)32(43)40-26-15-24(35)14-25(36)16-26/h2-10,14-16,18-19,21,30,39,41-42H,11-13,17,20H2,1H3,(H,40,43)/t21-,30-,33-/m0/s1. The Labute approximate surface area is 264 Å². The molecule has 46 heavy (non-hydrogen) atoms. The molecule has 0 radical (unpaired) electrons. The Balaban J connectivity index is 1.46. The van der Waals surface area contributed by atoms with Crippen LogP contribution in [0, 0.1) is 23.3 Å². The van der Waals surface area contributed by atoms with Crippen LogP contribution < -0.4 is 21.3 Å². The van der Waals surface area contributed by atoms with Crippen LogP contribution in [-0.4, -0.2) is 49.4 Å². The van der Waals surface area contributed by atoms with Crippen molar-refractivity contribution in [3.63, 3.8) is 0 Å². The molecular formula is C33H33F4N5O3S. The third kappa shape index (κ3) is 7.54. The second-order valence-corrected chi connectivity index (χ2v) is 13.6. The van der Waals surface area contributed by atoms with Crippen molar-refractivity contribution in [3.05, 3.63) is 120 Å². The summed E-state index contributed by atoms with van der Waals surface area (Å²) in [4.78, 5) is 16.1. The van der Waals surface area contributed by atoms with Gasteiger partial charge >= 0.3 is 0 Å². The molecule has 242 valence electrons. The lowest BCUT2D eigenvalue weighted by molar-refractivity contribution is -0.116. The molecule has 2 heterocycles. The second-order valence-electron chi connectivity index (χ2n) is 11.3. The molecule has 0 saturated carbocycles. The van der Waals surface area contributed by atoms with E-state index in [9.17, 15) is 26.4 Å². The van der Waals surface area contributed by atoms with Crippen LogP contribution in [0.3, 0.4) is 0 Å². The highest BCUT2D eigenvalue weighted by Gasteiger charge is 2.47. The van der Waals surface area contributed by atoms with Crippen molar-refractivity contribution >= 4 is 27.1 Å². The Morgan fingerprint density at radius 3 is 2.35 bits per heavy atom. The van der Waals surface area contributed by atoms with Crippen LogP contribution in [0.1, 0.15) is 24.5 Å². The van der Waals surface area contributed by atoms with Crippen molar-refractivity contribution in [1.29, 1.82) is 0 Å². The van der Waals surface area contributed by atoms with E-state index in [1.807, 2.05) is 6.92 Å². The zero-order chi connectivity index (χ0) is 32.9. The second kappa shape index (κ2) is 14.0. The largest absolute Gasteiger partial charge is 0.372 e. The van der Waals surface area contributed by atoms with Gasteiger partial charge in [-0.3, -0.25) is 15.1 Å². The van der Waals surface area contributed by atoms with Crippen molar-refractivity contribution in [1.82, 2.24) is 15.6 Å². The number of sulfone groups is 1. The highest BCUT2D eigenvalue weighted by Crippen LogP contribution is 2.32. The van der Waals surface area contributed by atoms with Gasteiger partial charge in [-0.15, -0.1) is 0 Å². The minimum absolute atomic E-state index is 0.0187. The molecule has 13 heteroatoms. The van der Waals surface area contributed by atoms with Crippen LogP contribution in [0.2, 0.25) is 0 Å². The van der Waals surface area contributed by atoms with Crippen molar-refractivity contribution in [2.24, 2.45) is 0 Å². The van der Waals surface area contributed by atoms with Gasteiger partial charge in [0.15, 0.2) is 9.84 Å². The smallest absolute Gasteiger partial charge is 0.247 e. The molecule has 1 aliphatic rings. The highest BCUT2D eigenvalue weighted by molar-refractivity contribution is 7.92. The Kier molecular flexibility index (Phi) is 10.0. The summed E-state index contributed by atoms with van der Waals surface area (Å²) >= 11 is 0. The number of aromatic nitrogens is 1. The number of pyridine rings is 1. The fourth-order valence-corrected chi connectivity index (χ4v) is 7.60. The normalized spacial score (nSPS) is 18.9. The molecule has 3 atom stereocenters. The lowest BCUT2D eigenvalue weighted by atomic mass is 10.00. The maximum Gasteiger partial charge on any atom is 0.247 e. The topological polar surface area (TPSA) is 112 Å². The number of piperazine rings is 1. The van der Waals surface area contributed by atoms with Crippen LogP contribution in [0.15, 0.2) is 90.1 Å². The van der Waals surface area contributed by atoms with E-state index in [-0.39, 0.29) is 53.7 Å². The monoisotopic (exact) mass is 655 g/mol. The van der Waals surface area contributed by atoms with E-state index in [4.69, 9.17) is 0 Å². The zero-order valence-corrected chi connectivity index (χ0v) is 25.7. The number of amides is 1. The Morgan fingerprint density at radius 2 is 1.67 bits per heavy atom. The first-order valence-electron chi connectivity index (χ1n) is 14.6. The van der Waals surface area contributed by atoms with Gasteiger partial charge in [0.2, 0.25) is 5.91 Å². The number of halogens is 4. The van der Waals surface area contributed by atoms with Crippen molar-refractivity contribution in [2.75, 3.05) is 23.7 Å². The van der Waals surface area contributed by atoms with Crippen molar-refractivity contribution in [3.8, 4) is 0 Å². The fourth-order valence-electron chi connectivity index (χ4n) is 5.61. The van der Waals surface area contributed by atoms with Crippen LogP contribution in [0.4, 0.5) is 28.9 Å². The molecular weight excluding hydrogens is 622 g/mol.